The maximum Gasteiger partial charge on any atom is 0.0406 e. The summed E-state index contributed by atoms with van der Waals surface area (Å²) in [6.07, 6.45) is 0. The molecule has 66 valence electrons. The van der Waals surface area contributed by atoms with E-state index in [0.29, 0.717) is 0 Å². The molecule has 0 aromatic heterocycles. The molecule has 0 amide bonds. The molecule has 3 nitrogen and oxygen atoms in total. The van der Waals surface area contributed by atoms with Crippen LogP contribution in [0.4, 0.5) is 11.4 Å². The van der Waals surface area contributed by atoms with E-state index in [-0.39, 0.29) is 6.04 Å². The standard InChI is InChI=1S/C9H15N3/c1-6(10)9-7(11)4-3-5-8(9)12-2/h3-6,12H,10-11H2,1-2H3. The maximum absolute atomic E-state index is 5.78. The molecular formula is C9H15N3. The van der Waals surface area contributed by atoms with Gasteiger partial charge >= 0.3 is 0 Å². The molecule has 0 saturated heterocycles. The monoisotopic (exact) mass is 165 g/mol. The van der Waals surface area contributed by atoms with E-state index in [4.69, 9.17) is 11.5 Å². The zero-order chi connectivity index (χ0) is 9.14. The first-order chi connectivity index (χ1) is 5.66. The van der Waals surface area contributed by atoms with Gasteiger partial charge in [-0.2, -0.15) is 0 Å². The van der Waals surface area contributed by atoms with Crippen molar-refractivity contribution in [3.8, 4) is 0 Å². The van der Waals surface area contributed by atoms with Gasteiger partial charge in [0.1, 0.15) is 0 Å². The number of nitrogens with two attached hydrogens (primary N) is 2. The molecule has 0 aliphatic rings. The van der Waals surface area contributed by atoms with Gasteiger partial charge in [0.15, 0.2) is 0 Å². The summed E-state index contributed by atoms with van der Waals surface area (Å²) >= 11 is 0. The average Bonchev–Trinajstić information content (AvgIpc) is 2.03. The fraction of sp³-hybridized carbons (Fsp3) is 0.333. The third-order valence-corrected chi connectivity index (χ3v) is 1.86. The Labute approximate surface area is 72.8 Å². The molecule has 0 heterocycles. The Morgan fingerprint density at radius 1 is 1.42 bits per heavy atom. The number of benzene rings is 1. The molecule has 0 aliphatic carbocycles. The summed E-state index contributed by atoms with van der Waals surface area (Å²) < 4.78 is 0. The third-order valence-electron chi connectivity index (χ3n) is 1.86. The van der Waals surface area contributed by atoms with Crippen LogP contribution in [0, 0.1) is 0 Å². The molecule has 0 saturated carbocycles. The summed E-state index contributed by atoms with van der Waals surface area (Å²) in [4.78, 5) is 0. The quantitative estimate of drug-likeness (QED) is 0.579. The summed E-state index contributed by atoms with van der Waals surface area (Å²) in [7, 11) is 1.86. The molecular weight excluding hydrogens is 150 g/mol. The second kappa shape index (κ2) is 3.45. The largest absolute Gasteiger partial charge is 0.398 e. The molecule has 0 fully saturated rings. The normalized spacial score (nSPS) is 12.6. The lowest BCUT2D eigenvalue weighted by Gasteiger charge is -2.14. The summed E-state index contributed by atoms with van der Waals surface area (Å²) in [5, 5.41) is 3.06. The first kappa shape index (κ1) is 8.87. The molecule has 0 radical (unpaired) electrons. The van der Waals surface area contributed by atoms with Crippen molar-refractivity contribution in [2.24, 2.45) is 5.73 Å². The molecule has 1 rings (SSSR count). The second-order valence-corrected chi connectivity index (χ2v) is 2.85. The number of rotatable bonds is 2. The number of nitrogens with one attached hydrogen (secondary N) is 1. The van der Waals surface area contributed by atoms with Gasteiger partial charge in [-0.3, -0.25) is 0 Å². The minimum absolute atomic E-state index is 0.0337. The second-order valence-electron chi connectivity index (χ2n) is 2.85. The molecule has 1 aromatic carbocycles. The average molecular weight is 165 g/mol. The van der Waals surface area contributed by atoms with Crippen molar-refractivity contribution >= 4 is 11.4 Å². The van der Waals surface area contributed by atoms with Crippen LogP contribution < -0.4 is 16.8 Å². The Balaban J connectivity index is 3.20. The van der Waals surface area contributed by atoms with E-state index in [9.17, 15) is 0 Å². The van der Waals surface area contributed by atoms with Crippen LogP contribution in [0.1, 0.15) is 18.5 Å². The lowest BCUT2D eigenvalue weighted by Crippen LogP contribution is -2.10. The number of anilines is 2. The van der Waals surface area contributed by atoms with Crippen molar-refractivity contribution < 1.29 is 0 Å². The van der Waals surface area contributed by atoms with Crippen molar-refractivity contribution in [3.63, 3.8) is 0 Å². The van der Waals surface area contributed by atoms with E-state index in [1.807, 2.05) is 32.2 Å². The summed E-state index contributed by atoms with van der Waals surface area (Å²) in [6.45, 7) is 1.92. The molecule has 1 atom stereocenters. The van der Waals surface area contributed by atoms with Gasteiger partial charge in [0, 0.05) is 30.0 Å². The molecule has 0 aliphatic heterocycles. The van der Waals surface area contributed by atoms with E-state index in [1.54, 1.807) is 0 Å². The van der Waals surface area contributed by atoms with Gasteiger partial charge in [0.2, 0.25) is 0 Å². The van der Waals surface area contributed by atoms with Crippen LogP contribution in [0.15, 0.2) is 18.2 Å². The Kier molecular flexibility index (Phi) is 2.55. The van der Waals surface area contributed by atoms with E-state index in [0.717, 1.165) is 16.9 Å². The lowest BCUT2D eigenvalue weighted by atomic mass is 10.0. The van der Waals surface area contributed by atoms with Crippen molar-refractivity contribution in [3.05, 3.63) is 23.8 Å². The van der Waals surface area contributed by atoms with Crippen LogP contribution in [0.3, 0.4) is 0 Å². The third kappa shape index (κ3) is 1.51. The maximum atomic E-state index is 5.78. The zero-order valence-corrected chi connectivity index (χ0v) is 7.46. The predicted octanol–water partition coefficient (Wildman–Crippen LogP) is 1.33. The van der Waals surface area contributed by atoms with Gasteiger partial charge < -0.3 is 16.8 Å². The van der Waals surface area contributed by atoms with Gasteiger partial charge in [-0.25, -0.2) is 0 Å². The minimum Gasteiger partial charge on any atom is -0.398 e. The molecule has 1 aromatic rings. The Morgan fingerprint density at radius 2 is 2.08 bits per heavy atom. The van der Waals surface area contributed by atoms with Gasteiger partial charge in [-0.15, -0.1) is 0 Å². The zero-order valence-electron chi connectivity index (χ0n) is 7.46. The summed E-state index contributed by atoms with van der Waals surface area (Å²) in [6, 6.07) is 5.70. The van der Waals surface area contributed by atoms with Crippen LogP contribution in [-0.4, -0.2) is 7.05 Å². The van der Waals surface area contributed by atoms with Crippen molar-refractivity contribution in [1.82, 2.24) is 0 Å². The highest BCUT2D eigenvalue weighted by Crippen LogP contribution is 2.26. The highest BCUT2D eigenvalue weighted by Gasteiger charge is 2.08. The minimum atomic E-state index is -0.0337. The van der Waals surface area contributed by atoms with Gasteiger partial charge in [-0.1, -0.05) is 6.07 Å². The van der Waals surface area contributed by atoms with Crippen molar-refractivity contribution in [1.29, 1.82) is 0 Å². The topological polar surface area (TPSA) is 64.1 Å². The van der Waals surface area contributed by atoms with Gasteiger partial charge in [-0.05, 0) is 19.1 Å². The first-order valence-electron chi connectivity index (χ1n) is 3.98. The summed E-state index contributed by atoms with van der Waals surface area (Å²) in [5.41, 5.74) is 14.3. The smallest absolute Gasteiger partial charge is 0.0406 e. The van der Waals surface area contributed by atoms with E-state index in [1.165, 1.54) is 0 Å². The van der Waals surface area contributed by atoms with Crippen LogP contribution in [0.5, 0.6) is 0 Å². The number of hydrogen-bond donors (Lipinski definition) is 3. The molecule has 5 N–H and O–H groups in total. The van der Waals surface area contributed by atoms with Crippen molar-refractivity contribution in [2.45, 2.75) is 13.0 Å². The van der Waals surface area contributed by atoms with E-state index < -0.39 is 0 Å². The molecule has 0 spiro atoms. The molecule has 0 bridgehead atoms. The summed E-state index contributed by atoms with van der Waals surface area (Å²) in [5.74, 6) is 0. The number of nitrogen functional groups attached to an aromatic ring is 1. The predicted molar refractivity (Wildman–Crippen MR) is 53.0 cm³/mol. The molecule has 12 heavy (non-hydrogen) atoms. The van der Waals surface area contributed by atoms with E-state index >= 15 is 0 Å². The Bertz CT molecular complexity index is 268. The van der Waals surface area contributed by atoms with Crippen LogP contribution in [0.25, 0.3) is 0 Å². The SMILES string of the molecule is CNc1cccc(N)c1C(C)N. The number of hydrogen-bond acceptors (Lipinski definition) is 3. The van der Waals surface area contributed by atoms with Crippen molar-refractivity contribution in [2.75, 3.05) is 18.1 Å². The Morgan fingerprint density at radius 3 is 2.50 bits per heavy atom. The fourth-order valence-electron chi connectivity index (χ4n) is 1.31. The Hall–Kier alpha value is -1.22. The van der Waals surface area contributed by atoms with E-state index in [2.05, 4.69) is 5.32 Å². The van der Waals surface area contributed by atoms with Gasteiger partial charge in [0.25, 0.3) is 0 Å². The van der Waals surface area contributed by atoms with Gasteiger partial charge in [0.05, 0.1) is 0 Å². The molecule has 1 unspecified atom stereocenters. The highest BCUT2D eigenvalue weighted by molar-refractivity contribution is 5.64. The highest BCUT2D eigenvalue weighted by atomic mass is 14.8. The lowest BCUT2D eigenvalue weighted by molar-refractivity contribution is 0.823. The van der Waals surface area contributed by atoms with Crippen LogP contribution >= 0.6 is 0 Å². The molecule has 3 heteroatoms. The van der Waals surface area contributed by atoms with Crippen LogP contribution in [-0.2, 0) is 0 Å². The first-order valence-corrected chi connectivity index (χ1v) is 3.98. The van der Waals surface area contributed by atoms with Crippen LogP contribution in [0.2, 0.25) is 0 Å². The fourth-order valence-corrected chi connectivity index (χ4v) is 1.31.